The molecule has 2 aromatic carbocycles. The van der Waals surface area contributed by atoms with Crippen LogP contribution in [0.3, 0.4) is 0 Å². The van der Waals surface area contributed by atoms with Crippen molar-refractivity contribution in [2.24, 2.45) is 7.05 Å². The van der Waals surface area contributed by atoms with Crippen LogP contribution < -0.4 is 14.4 Å². The molecule has 0 bridgehead atoms. The third-order valence-electron chi connectivity index (χ3n) is 6.68. The van der Waals surface area contributed by atoms with Crippen molar-refractivity contribution >= 4 is 46.0 Å². The molecule has 8 nitrogen and oxygen atoms in total. The van der Waals surface area contributed by atoms with E-state index in [0.29, 0.717) is 11.1 Å². The van der Waals surface area contributed by atoms with E-state index in [-0.39, 0.29) is 0 Å². The smallest absolute Gasteiger partial charge is 0.124 e. The summed E-state index contributed by atoms with van der Waals surface area (Å²) in [5.41, 5.74) is 5.46. The largest absolute Gasteiger partial charge is 0.497 e. The number of anilines is 2. The van der Waals surface area contributed by atoms with Crippen molar-refractivity contribution in [3.8, 4) is 22.8 Å². The van der Waals surface area contributed by atoms with Gasteiger partial charge in [0.2, 0.25) is 0 Å². The van der Waals surface area contributed by atoms with Gasteiger partial charge in [0, 0.05) is 79.1 Å². The van der Waals surface area contributed by atoms with Gasteiger partial charge in [0.25, 0.3) is 0 Å². The molecule has 5 rings (SSSR count). The molecule has 0 aliphatic carbocycles. The lowest BCUT2D eigenvalue weighted by molar-refractivity contribution is 0.394. The molecule has 1 fully saturated rings. The van der Waals surface area contributed by atoms with Crippen molar-refractivity contribution < 1.29 is 9.47 Å². The third-order valence-corrected chi connectivity index (χ3v) is 8.60. The normalized spacial score (nSPS) is 16.1. The molecule has 0 saturated carbocycles. The molecule has 0 radical (unpaired) electrons. The lowest BCUT2D eigenvalue weighted by atomic mass is 10.1. The zero-order chi connectivity index (χ0) is 26.5. The molecule has 3 heterocycles. The van der Waals surface area contributed by atoms with Gasteiger partial charge >= 0.3 is 0 Å². The second kappa shape index (κ2) is 12.2. The Balaban J connectivity index is 1.46. The van der Waals surface area contributed by atoms with E-state index in [1.54, 1.807) is 25.1 Å². The predicted molar refractivity (Wildman–Crippen MR) is 156 cm³/mol. The molecular formula is C28H33ClN6O2S. The van der Waals surface area contributed by atoms with Gasteiger partial charge in [-0.25, -0.2) is 4.98 Å². The van der Waals surface area contributed by atoms with Crippen LogP contribution in [0.25, 0.3) is 22.3 Å². The Morgan fingerprint density at radius 3 is 2.58 bits per heavy atom. The van der Waals surface area contributed by atoms with Crippen molar-refractivity contribution in [1.29, 1.82) is 0 Å². The number of rotatable bonds is 10. The van der Waals surface area contributed by atoms with E-state index in [1.165, 1.54) is 12.8 Å². The van der Waals surface area contributed by atoms with E-state index in [1.807, 2.05) is 55.7 Å². The quantitative estimate of drug-likeness (QED) is 0.177. The maximum atomic E-state index is 6.15. The van der Waals surface area contributed by atoms with Crippen molar-refractivity contribution in [2.45, 2.75) is 24.5 Å². The van der Waals surface area contributed by atoms with Crippen LogP contribution in [0, 0.1) is 0 Å². The lowest BCUT2D eigenvalue weighted by Gasteiger charge is -2.32. The molecule has 1 aliphatic heterocycles. The van der Waals surface area contributed by atoms with Crippen molar-refractivity contribution in [1.82, 2.24) is 24.1 Å². The van der Waals surface area contributed by atoms with Crippen molar-refractivity contribution in [3.05, 3.63) is 55.0 Å². The number of hydrogen-bond acceptors (Lipinski definition) is 8. The van der Waals surface area contributed by atoms with Gasteiger partial charge in [-0.3, -0.25) is 14.0 Å². The summed E-state index contributed by atoms with van der Waals surface area (Å²) in [6, 6.07) is 12.2. The first-order valence-corrected chi connectivity index (χ1v) is 14.2. The van der Waals surface area contributed by atoms with Gasteiger partial charge in [-0.05, 0) is 37.5 Å². The molecular weight excluding hydrogens is 520 g/mol. The molecule has 0 N–H and O–H groups in total. The predicted octanol–water partition coefficient (Wildman–Crippen LogP) is 5.93. The Morgan fingerprint density at radius 2 is 1.87 bits per heavy atom. The molecule has 1 aliphatic rings. The minimum Gasteiger partial charge on any atom is -0.497 e. The van der Waals surface area contributed by atoms with E-state index < -0.39 is 0 Å². The number of aromatic nitrogens is 4. The van der Waals surface area contributed by atoms with Gasteiger partial charge in [0.1, 0.15) is 11.5 Å². The Hall–Kier alpha value is -3.01. The second-order valence-corrected chi connectivity index (χ2v) is 11.1. The van der Waals surface area contributed by atoms with Crippen LogP contribution >= 0.6 is 23.5 Å². The molecule has 0 amide bonds. The van der Waals surface area contributed by atoms with Crippen LogP contribution in [0.2, 0.25) is 0 Å². The minimum absolute atomic E-state index is 0.511. The van der Waals surface area contributed by atoms with Gasteiger partial charge in [0.15, 0.2) is 0 Å². The average Bonchev–Trinajstić information content (AvgIpc) is 3.40. The van der Waals surface area contributed by atoms with Gasteiger partial charge in [-0.1, -0.05) is 11.9 Å². The fourth-order valence-corrected chi connectivity index (χ4v) is 6.24. The van der Waals surface area contributed by atoms with Crippen LogP contribution in [-0.4, -0.2) is 69.0 Å². The first-order chi connectivity index (χ1) is 18.6. The minimum atomic E-state index is 0.511. The molecule has 0 spiro atoms. The van der Waals surface area contributed by atoms with Crippen LogP contribution in [0.1, 0.15) is 19.3 Å². The number of halogens is 1. The molecule has 38 heavy (non-hydrogen) atoms. The molecule has 4 aromatic rings. The number of aryl methyl sites for hydroxylation is 1. The van der Waals surface area contributed by atoms with E-state index in [9.17, 15) is 0 Å². The van der Waals surface area contributed by atoms with Gasteiger partial charge in [0.05, 0.1) is 43.3 Å². The van der Waals surface area contributed by atoms with E-state index in [4.69, 9.17) is 26.1 Å². The van der Waals surface area contributed by atoms with Crippen molar-refractivity contribution in [2.75, 3.05) is 44.6 Å². The molecule has 0 unspecified atom stereocenters. The summed E-state index contributed by atoms with van der Waals surface area (Å²) < 4.78 is 15.4. The summed E-state index contributed by atoms with van der Waals surface area (Å²) in [7, 11) is 5.25. The fraction of sp³-hybridized carbons (Fsp3) is 0.393. The number of benzene rings is 2. The number of nitrogens with zero attached hydrogens (tertiary/aromatic N) is 6. The molecule has 1 atom stereocenters. The monoisotopic (exact) mass is 552 g/mol. The zero-order valence-corrected chi connectivity index (χ0v) is 23.6. The van der Waals surface area contributed by atoms with E-state index in [2.05, 4.69) is 31.4 Å². The number of alkyl halides is 1. The number of methoxy groups -OCH3 is 2. The topological polar surface area (TPSA) is 68.5 Å². The number of ether oxygens (including phenoxy) is 2. The summed E-state index contributed by atoms with van der Waals surface area (Å²) in [5.74, 6) is 2.21. The van der Waals surface area contributed by atoms with Crippen LogP contribution in [0.15, 0.2) is 55.0 Å². The maximum Gasteiger partial charge on any atom is 0.124 e. The Morgan fingerprint density at radius 1 is 1.05 bits per heavy atom. The highest BCUT2D eigenvalue weighted by Crippen LogP contribution is 2.35. The first kappa shape index (κ1) is 26.6. The molecule has 2 aromatic heterocycles. The Kier molecular flexibility index (Phi) is 8.56. The first-order valence-electron chi connectivity index (χ1n) is 12.8. The summed E-state index contributed by atoms with van der Waals surface area (Å²) in [6.45, 7) is 2.92. The Bertz CT molecular complexity index is 1360. The molecule has 1 saturated heterocycles. The standard InChI is InChI=1S/C28H33ClN6O2S/c1-33-19-20(17-31-33)28-18-30-26-8-7-21(14-27(26)32-28)35(22-12-23(36-2)15-24(13-22)37-3)11-5-10-34-9-4-6-25(16-29)38-34/h7-8,12-15,17-19,25H,4-6,9-11,16H2,1-3H3/t25-/m0/s1. The summed E-state index contributed by atoms with van der Waals surface area (Å²) in [4.78, 5) is 11.9. The Labute approximate surface area is 233 Å². The second-order valence-electron chi connectivity index (χ2n) is 9.36. The molecule has 10 heteroatoms. The highest BCUT2D eigenvalue weighted by Gasteiger charge is 2.21. The van der Waals surface area contributed by atoms with E-state index in [0.717, 1.165) is 71.2 Å². The average molecular weight is 553 g/mol. The summed E-state index contributed by atoms with van der Waals surface area (Å²) >= 11 is 8.06. The maximum absolute atomic E-state index is 6.15. The van der Waals surface area contributed by atoms with Crippen LogP contribution in [-0.2, 0) is 7.05 Å². The third kappa shape index (κ3) is 6.17. The van der Waals surface area contributed by atoms with Gasteiger partial charge in [-0.2, -0.15) is 5.10 Å². The number of hydrogen-bond donors (Lipinski definition) is 0. The number of fused-ring (bicyclic) bond motifs is 1. The van der Waals surface area contributed by atoms with Gasteiger partial charge in [-0.15, -0.1) is 11.6 Å². The molecule has 200 valence electrons. The highest BCUT2D eigenvalue weighted by atomic mass is 35.5. The fourth-order valence-electron chi connectivity index (χ4n) is 4.70. The zero-order valence-electron chi connectivity index (χ0n) is 22.0. The van der Waals surface area contributed by atoms with Crippen LogP contribution in [0.4, 0.5) is 11.4 Å². The lowest BCUT2D eigenvalue weighted by Crippen LogP contribution is -2.30. The van der Waals surface area contributed by atoms with Crippen molar-refractivity contribution in [3.63, 3.8) is 0 Å². The summed E-state index contributed by atoms with van der Waals surface area (Å²) in [5, 5.41) is 4.79. The van der Waals surface area contributed by atoms with E-state index >= 15 is 0 Å². The van der Waals surface area contributed by atoms with Crippen LogP contribution in [0.5, 0.6) is 11.5 Å². The summed E-state index contributed by atoms with van der Waals surface area (Å²) in [6.07, 6.45) is 8.93. The van der Waals surface area contributed by atoms with Gasteiger partial charge < -0.3 is 14.4 Å². The highest BCUT2D eigenvalue weighted by molar-refractivity contribution is 7.97. The SMILES string of the molecule is COc1cc(OC)cc(N(CCCN2CCC[C@@H](CCl)S2)c2ccc3ncc(-c4cnn(C)c4)nc3c2)c1.